The van der Waals surface area contributed by atoms with Crippen molar-refractivity contribution in [2.75, 3.05) is 13.7 Å². The third-order valence-corrected chi connectivity index (χ3v) is 7.05. The van der Waals surface area contributed by atoms with E-state index in [4.69, 9.17) is 15.5 Å². The van der Waals surface area contributed by atoms with Crippen LogP contribution in [0, 0.1) is 0 Å². The van der Waals surface area contributed by atoms with E-state index in [1.165, 1.54) is 0 Å². The van der Waals surface area contributed by atoms with Gasteiger partial charge in [-0.15, -0.1) is 27.7 Å². The van der Waals surface area contributed by atoms with E-state index in [1.807, 2.05) is 37.3 Å². The zero-order valence-corrected chi connectivity index (χ0v) is 21.7. The van der Waals surface area contributed by atoms with Crippen LogP contribution in [0.25, 0.3) is 11.3 Å². The summed E-state index contributed by atoms with van der Waals surface area (Å²) in [4.78, 5) is 4.97. The van der Waals surface area contributed by atoms with Crippen LogP contribution in [-0.2, 0) is 15.9 Å². The van der Waals surface area contributed by atoms with Crippen molar-refractivity contribution in [3.05, 3.63) is 41.6 Å². The maximum atomic E-state index is 10.8. The summed E-state index contributed by atoms with van der Waals surface area (Å²) in [5.41, 5.74) is 7.57. The summed E-state index contributed by atoms with van der Waals surface area (Å²) in [6, 6.07) is 10.0. The number of methoxy groups -OCH3 is 1. The number of hydrogen-bond donors (Lipinski definition) is 2. The Hall–Kier alpha value is 0.270. The molecule has 3 N–H and O–H groups in total. The van der Waals surface area contributed by atoms with Crippen LogP contribution in [-0.4, -0.2) is 26.9 Å². The molecule has 0 saturated carbocycles. The molecule has 5 unspecified atom stereocenters. The van der Waals surface area contributed by atoms with Crippen LogP contribution in [0.15, 0.2) is 30.3 Å². The van der Waals surface area contributed by atoms with Crippen LogP contribution < -0.4 is 16.3 Å². The number of ether oxygens (including phenoxy) is 1. The van der Waals surface area contributed by atoms with E-state index in [-0.39, 0.29) is 6.54 Å². The highest BCUT2D eigenvalue weighted by Crippen LogP contribution is 2.47. The smallest absolute Gasteiger partial charge is 0.139 e. The molecule has 0 aliphatic carbocycles. The van der Waals surface area contributed by atoms with Crippen LogP contribution in [0.5, 0.6) is 0 Å². The second-order valence-corrected chi connectivity index (χ2v) is 13.1. The van der Waals surface area contributed by atoms with E-state index in [9.17, 15) is 5.11 Å². The summed E-state index contributed by atoms with van der Waals surface area (Å²) in [6.07, 6.45) is 0. The molecule has 8 heteroatoms. The van der Waals surface area contributed by atoms with Crippen molar-refractivity contribution < 1.29 is 9.84 Å². The highest BCUT2D eigenvalue weighted by atomic mass is 127. The van der Waals surface area contributed by atoms with E-state index >= 15 is 0 Å². The second kappa shape index (κ2) is 8.56. The van der Waals surface area contributed by atoms with Gasteiger partial charge in [-0.3, -0.25) is 0 Å². The fraction of sp³-hybridized carbons (Fsp3) is 0.421. The number of alkyl halides is 1. The van der Waals surface area contributed by atoms with E-state index in [2.05, 4.69) is 50.3 Å². The number of nitrogens with two attached hydrogens (primary N) is 1. The van der Waals surface area contributed by atoms with E-state index in [1.54, 1.807) is 21.0 Å². The SMILES string of the molecule is COC(CN)(c1cc(C(C)(C)O)c(P)c(-c2ccc(P)cc2)n1)C(C)(P)I. The number of nitrogens with zero attached hydrogens (tertiary/aromatic N) is 1. The van der Waals surface area contributed by atoms with Gasteiger partial charge in [0, 0.05) is 24.5 Å². The number of benzene rings is 1. The first-order valence-electron chi connectivity index (χ1n) is 8.50. The maximum Gasteiger partial charge on any atom is 0.139 e. The Bertz CT molecular complexity index is 811. The molecule has 4 nitrogen and oxygen atoms in total. The van der Waals surface area contributed by atoms with Crippen molar-refractivity contribution in [3.8, 4) is 11.3 Å². The van der Waals surface area contributed by atoms with Crippen LogP contribution in [0.2, 0.25) is 0 Å². The molecule has 5 atom stereocenters. The molecule has 148 valence electrons. The first-order valence-corrected chi connectivity index (χ1v) is 11.3. The molecule has 2 aromatic rings. The van der Waals surface area contributed by atoms with E-state index in [0.29, 0.717) is 5.69 Å². The van der Waals surface area contributed by atoms with Gasteiger partial charge in [0.25, 0.3) is 0 Å². The highest BCUT2D eigenvalue weighted by Gasteiger charge is 2.47. The third-order valence-electron chi connectivity index (χ3n) is 4.74. The van der Waals surface area contributed by atoms with Crippen LogP contribution in [0.4, 0.5) is 0 Å². The molecule has 1 heterocycles. The Morgan fingerprint density at radius 2 is 1.74 bits per heavy atom. The summed E-state index contributed by atoms with van der Waals surface area (Å²) < 4.78 is 5.55. The van der Waals surface area contributed by atoms with Gasteiger partial charge in [0.05, 0.1) is 20.2 Å². The van der Waals surface area contributed by atoms with Gasteiger partial charge in [-0.2, -0.15) is 0 Å². The first-order chi connectivity index (χ1) is 12.4. The molecule has 0 saturated heterocycles. The Morgan fingerprint density at radius 3 is 2.15 bits per heavy atom. The molecule has 0 radical (unpaired) electrons. The molecule has 0 aliphatic heterocycles. The maximum absolute atomic E-state index is 10.8. The lowest BCUT2D eigenvalue weighted by Gasteiger charge is -2.41. The van der Waals surface area contributed by atoms with Crippen molar-refractivity contribution in [3.63, 3.8) is 0 Å². The highest BCUT2D eigenvalue weighted by molar-refractivity contribution is 14.1. The molecule has 0 bridgehead atoms. The monoisotopic (exact) mass is 536 g/mol. The van der Waals surface area contributed by atoms with Gasteiger partial charge < -0.3 is 15.6 Å². The van der Waals surface area contributed by atoms with Crippen molar-refractivity contribution in [1.29, 1.82) is 0 Å². The standard InChI is InChI=1S/C19H28IN2O2P3/c1-17(2,23)13-9-14(19(10-21,24-4)18(3,20)27)22-15(16(13)26)11-5-7-12(25)8-6-11/h5-9,23H,10,21,25-27H2,1-4H3. The van der Waals surface area contributed by atoms with Crippen molar-refractivity contribution >= 4 is 60.9 Å². The molecule has 1 aromatic heterocycles. The van der Waals surface area contributed by atoms with Gasteiger partial charge in [-0.05, 0) is 37.7 Å². The van der Waals surface area contributed by atoms with Crippen molar-refractivity contribution in [2.24, 2.45) is 5.73 Å². The number of aliphatic hydroxyl groups is 1. The van der Waals surface area contributed by atoms with Crippen molar-refractivity contribution in [1.82, 2.24) is 4.98 Å². The predicted octanol–water partition coefficient (Wildman–Crippen LogP) is 2.80. The third kappa shape index (κ3) is 4.72. The lowest BCUT2D eigenvalue weighted by molar-refractivity contribution is -0.0135. The Labute approximate surface area is 182 Å². The normalized spacial score (nSPS) is 16.7. The Morgan fingerprint density at radius 1 is 1.19 bits per heavy atom. The average molecular weight is 536 g/mol. The van der Waals surface area contributed by atoms with Gasteiger partial charge in [-0.25, -0.2) is 4.98 Å². The predicted molar refractivity (Wildman–Crippen MR) is 133 cm³/mol. The largest absolute Gasteiger partial charge is 0.386 e. The summed E-state index contributed by atoms with van der Waals surface area (Å²) in [6.45, 7) is 5.84. The van der Waals surface area contributed by atoms with Crippen LogP contribution >= 0.6 is 50.3 Å². The minimum Gasteiger partial charge on any atom is -0.386 e. The molecule has 0 fully saturated rings. The molecule has 0 spiro atoms. The molecule has 1 aromatic carbocycles. The van der Waals surface area contributed by atoms with Gasteiger partial charge in [0.15, 0.2) is 0 Å². The van der Waals surface area contributed by atoms with Gasteiger partial charge in [-0.1, -0.05) is 46.9 Å². The summed E-state index contributed by atoms with van der Waals surface area (Å²) in [5.74, 6) is 0. The molecular weight excluding hydrogens is 508 g/mol. The average Bonchev–Trinajstić information content (AvgIpc) is 2.56. The lowest BCUT2D eigenvalue weighted by atomic mass is 9.89. The Balaban J connectivity index is 2.87. The summed E-state index contributed by atoms with van der Waals surface area (Å²) in [5, 5.41) is 12.8. The van der Waals surface area contributed by atoms with Gasteiger partial charge in [0.2, 0.25) is 0 Å². The number of pyridine rings is 1. The molecule has 0 aliphatic rings. The summed E-state index contributed by atoms with van der Waals surface area (Å²) in [7, 11) is 9.87. The fourth-order valence-corrected chi connectivity index (χ4v) is 5.03. The zero-order valence-electron chi connectivity index (χ0n) is 16.1. The number of halogens is 1. The van der Waals surface area contributed by atoms with E-state index < -0.39 is 14.4 Å². The van der Waals surface area contributed by atoms with Crippen LogP contribution in [0.3, 0.4) is 0 Å². The summed E-state index contributed by atoms with van der Waals surface area (Å²) >= 11 is 2.31. The quantitative estimate of drug-likeness (QED) is 0.339. The molecule has 2 rings (SSSR count). The Kier molecular flexibility index (Phi) is 7.47. The van der Waals surface area contributed by atoms with Crippen LogP contribution in [0.1, 0.15) is 32.0 Å². The fourth-order valence-electron chi connectivity index (χ4n) is 3.07. The topological polar surface area (TPSA) is 68.4 Å². The number of hydrogen-bond acceptors (Lipinski definition) is 4. The zero-order chi connectivity index (χ0) is 20.6. The van der Waals surface area contributed by atoms with Crippen molar-refractivity contribution in [2.45, 2.75) is 35.1 Å². The number of aromatic nitrogens is 1. The van der Waals surface area contributed by atoms with E-state index in [0.717, 1.165) is 27.4 Å². The molecule has 27 heavy (non-hydrogen) atoms. The first kappa shape index (κ1) is 23.5. The molecule has 0 amide bonds. The van der Waals surface area contributed by atoms with Gasteiger partial charge >= 0.3 is 0 Å². The number of rotatable bonds is 6. The molecular formula is C19H28IN2O2P3. The minimum absolute atomic E-state index is 0.255. The minimum atomic E-state index is -1.04. The second-order valence-electron chi connectivity index (χ2n) is 7.31. The van der Waals surface area contributed by atoms with Gasteiger partial charge in [0.1, 0.15) is 5.60 Å². The lowest BCUT2D eigenvalue weighted by Crippen LogP contribution is -2.50.